The number of hydrogen-bond donors (Lipinski definition) is 0. The summed E-state index contributed by atoms with van der Waals surface area (Å²) in [5.41, 5.74) is 2.63. The number of hydrogen-bond acceptors (Lipinski definition) is 1. The van der Waals surface area contributed by atoms with Crippen molar-refractivity contribution < 1.29 is 4.74 Å². The minimum absolute atomic E-state index is 0.403. The van der Waals surface area contributed by atoms with Gasteiger partial charge in [-0.3, -0.25) is 0 Å². The van der Waals surface area contributed by atoms with Crippen LogP contribution in [0.15, 0.2) is 24.3 Å². The monoisotopic (exact) mass is 134 g/mol. The fourth-order valence-electron chi connectivity index (χ4n) is 1.11. The molecule has 1 nitrogen and oxygen atoms in total. The Morgan fingerprint density at radius 1 is 1.50 bits per heavy atom. The summed E-state index contributed by atoms with van der Waals surface area (Å²) in [4.78, 5) is 0. The molecular formula is C9H10O. The average molecular weight is 134 g/mol. The van der Waals surface area contributed by atoms with Crippen LogP contribution in [0.25, 0.3) is 0 Å². The minimum Gasteiger partial charge on any atom is -0.368 e. The van der Waals surface area contributed by atoms with E-state index in [9.17, 15) is 0 Å². The molecule has 1 aromatic rings. The summed E-state index contributed by atoms with van der Waals surface area (Å²) in [7, 11) is 0. The maximum Gasteiger partial charge on any atom is 0.106 e. The Balaban J connectivity index is 2.32. The number of ether oxygens (including phenoxy) is 1. The second kappa shape index (κ2) is 2.10. The molecule has 0 aliphatic carbocycles. The molecule has 52 valence electrons. The summed E-state index contributed by atoms with van der Waals surface area (Å²) in [6.07, 6.45) is 0.403. The Morgan fingerprint density at radius 3 is 2.90 bits per heavy atom. The van der Waals surface area contributed by atoms with E-state index in [2.05, 4.69) is 31.2 Å². The molecule has 1 aliphatic heterocycles. The molecule has 2 rings (SSSR count). The van der Waals surface area contributed by atoms with E-state index < -0.39 is 0 Å². The molecule has 0 spiro atoms. The van der Waals surface area contributed by atoms with Crippen molar-refractivity contribution in [2.75, 3.05) is 6.61 Å². The Morgan fingerprint density at radius 2 is 2.30 bits per heavy atom. The van der Waals surface area contributed by atoms with Crippen molar-refractivity contribution in [3.8, 4) is 0 Å². The number of aryl methyl sites for hydroxylation is 1. The molecule has 1 aromatic carbocycles. The van der Waals surface area contributed by atoms with Crippen molar-refractivity contribution in [1.29, 1.82) is 0 Å². The fraction of sp³-hybridized carbons (Fsp3) is 0.333. The molecule has 10 heavy (non-hydrogen) atoms. The highest BCUT2D eigenvalue weighted by Crippen LogP contribution is 2.29. The van der Waals surface area contributed by atoms with Gasteiger partial charge >= 0.3 is 0 Å². The highest BCUT2D eigenvalue weighted by atomic mass is 16.6. The highest BCUT2D eigenvalue weighted by molar-refractivity contribution is 5.25. The van der Waals surface area contributed by atoms with Gasteiger partial charge in [0.15, 0.2) is 0 Å². The van der Waals surface area contributed by atoms with Gasteiger partial charge in [0.2, 0.25) is 0 Å². The number of epoxide rings is 1. The lowest BCUT2D eigenvalue weighted by molar-refractivity contribution is 0.415. The van der Waals surface area contributed by atoms with E-state index in [-0.39, 0.29) is 0 Å². The molecule has 1 saturated heterocycles. The van der Waals surface area contributed by atoms with E-state index in [0.29, 0.717) is 6.10 Å². The zero-order valence-electron chi connectivity index (χ0n) is 6.00. The normalized spacial score (nSPS) is 22.7. The Labute approximate surface area is 60.6 Å². The van der Waals surface area contributed by atoms with E-state index in [1.165, 1.54) is 11.1 Å². The van der Waals surface area contributed by atoms with Gasteiger partial charge < -0.3 is 4.74 Å². The molecule has 1 aliphatic rings. The van der Waals surface area contributed by atoms with E-state index in [1.54, 1.807) is 0 Å². The maximum absolute atomic E-state index is 5.15. The van der Waals surface area contributed by atoms with Crippen LogP contribution in [0, 0.1) is 6.92 Å². The molecule has 1 heterocycles. The zero-order chi connectivity index (χ0) is 6.97. The van der Waals surface area contributed by atoms with Crippen LogP contribution in [-0.4, -0.2) is 6.61 Å². The largest absolute Gasteiger partial charge is 0.368 e. The second-order valence-corrected chi connectivity index (χ2v) is 2.74. The van der Waals surface area contributed by atoms with Crippen LogP contribution in [0.4, 0.5) is 0 Å². The van der Waals surface area contributed by atoms with Gasteiger partial charge in [0.05, 0.1) is 6.61 Å². The van der Waals surface area contributed by atoms with Crippen molar-refractivity contribution in [3.05, 3.63) is 35.4 Å². The van der Waals surface area contributed by atoms with Gasteiger partial charge in [0, 0.05) is 0 Å². The number of rotatable bonds is 1. The van der Waals surface area contributed by atoms with Crippen LogP contribution in [0.2, 0.25) is 0 Å². The third-order valence-electron chi connectivity index (χ3n) is 1.75. The first-order valence-electron chi connectivity index (χ1n) is 3.54. The summed E-state index contributed by atoms with van der Waals surface area (Å²) in [5.74, 6) is 0. The average Bonchev–Trinajstić information content (AvgIpc) is 2.68. The summed E-state index contributed by atoms with van der Waals surface area (Å²) in [6, 6.07) is 8.47. The first kappa shape index (κ1) is 5.93. The van der Waals surface area contributed by atoms with Crippen LogP contribution in [0.3, 0.4) is 0 Å². The van der Waals surface area contributed by atoms with Gasteiger partial charge in [-0.15, -0.1) is 0 Å². The minimum atomic E-state index is 0.403. The second-order valence-electron chi connectivity index (χ2n) is 2.74. The first-order chi connectivity index (χ1) is 4.86. The van der Waals surface area contributed by atoms with Crippen molar-refractivity contribution >= 4 is 0 Å². The van der Waals surface area contributed by atoms with Crippen molar-refractivity contribution in [2.24, 2.45) is 0 Å². The van der Waals surface area contributed by atoms with Crippen LogP contribution in [-0.2, 0) is 4.74 Å². The van der Waals surface area contributed by atoms with E-state index in [1.807, 2.05) is 0 Å². The Kier molecular flexibility index (Phi) is 1.24. The number of benzene rings is 1. The molecular weight excluding hydrogens is 124 g/mol. The maximum atomic E-state index is 5.15. The molecule has 0 aromatic heterocycles. The topological polar surface area (TPSA) is 12.5 Å². The molecule has 0 radical (unpaired) electrons. The lowest BCUT2D eigenvalue weighted by atomic mass is 10.1. The summed E-state index contributed by atoms with van der Waals surface area (Å²) < 4.78 is 5.15. The summed E-state index contributed by atoms with van der Waals surface area (Å²) in [6.45, 7) is 3.01. The van der Waals surface area contributed by atoms with Crippen molar-refractivity contribution in [3.63, 3.8) is 0 Å². The zero-order valence-corrected chi connectivity index (χ0v) is 6.00. The van der Waals surface area contributed by atoms with Crippen molar-refractivity contribution in [2.45, 2.75) is 13.0 Å². The van der Waals surface area contributed by atoms with E-state index >= 15 is 0 Å². The molecule has 0 bridgehead atoms. The summed E-state index contributed by atoms with van der Waals surface area (Å²) in [5, 5.41) is 0. The van der Waals surface area contributed by atoms with Gasteiger partial charge in [-0.25, -0.2) is 0 Å². The lowest BCUT2D eigenvalue weighted by Crippen LogP contribution is -1.80. The smallest absolute Gasteiger partial charge is 0.106 e. The highest BCUT2D eigenvalue weighted by Gasteiger charge is 2.24. The third kappa shape index (κ3) is 1.05. The molecule has 1 fully saturated rings. The van der Waals surface area contributed by atoms with Crippen LogP contribution in [0.1, 0.15) is 17.2 Å². The van der Waals surface area contributed by atoms with Gasteiger partial charge in [0.25, 0.3) is 0 Å². The molecule has 1 atom stereocenters. The van der Waals surface area contributed by atoms with Gasteiger partial charge in [0.1, 0.15) is 6.10 Å². The molecule has 1 heteroatoms. The van der Waals surface area contributed by atoms with E-state index in [4.69, 9.17) is 4.74 Å². The van der Waals surface area contributed by atoms with Crippen molar-refractivity contribution in [1.82, 2.24) is 0 Å². The summed E-state index contributed by atoms with van der Waals surface area (Å²) >= 11 is 0. The molecule has 0 saturated carbocycles. The standard InChI is InChI=1S/C9H10O/c1-7-3-2-4-8(5-7)9-6-10-9/h2-5,9H,6H2,1H3. The van der Waals surface area contributed by atoms with Crippen LogP contribution >= 0.6 is 0 Å². The van der Waals surface area contributed by atoms with Gasteiger partial charge in [-0.2, -0.15) is 0 Å². The quantitative estimate of drug-likeness (QED) is 0.535. The van der Waals surface area contributed by atoms with E-state index in [0.717, 1.165) is 6.61 Å². The third-order valence-corrected chi connectivity index (χ3v) is 1.75. The lowest BCUT2D eigenvalue weighted by Gasteiger charge is -1.95. The van der Waals surface area contributed by atoms with Gasteiger partial charge in [-0.1, -0.05) is 29.8 Å². The Bertz CT molecular complexity index is 238. The van der Waals surface area contributed by atoms with Gasteiger partial charge in [-0.05, 0) is 12.5 Å². The molecule has 0 N–H and O–H groups in total. The first-order valence-corrected chi connectivity index (χ1v) is 3.54. The SMILES string of the molecule is Cc1cccc(C2CO2)c1. The molecule has 1 unspecified atom stereocenters. The van der Waals surface area contributed by atoms with Crippen LogP contribution in [0.5, 0.6) is 0 Å². The molecule has 0 amide bonds. The predicted molar refractivity (Wildman–Crippen MR) is 39.9 cm³/mol. The predicted octanol–water partition coefficient (Wildman–Crippen LogP) is 2.07. The Hall–Kier alpha value is -0.820. The van der Waals surface area contributed by atoms with Crippen LogP contribution < -0.4 is 0 Å². The fourth-order valence-corrected chi connectivity index (χ4v) is 1.11.